The van der Waals surface area contributed by atoms with Gasteiger partial charge in [0.15, 0.2) is 0 Å². The summed E-state index contributed by atoms with van der Waals surface area (Å²) in [6.07, 6.45) is 2.03. The quantitative estimate of drug-likeness (QED) is 0.567. The van der Waals surface area contributed by atoms with Crippen molar-refractivity contribution in [3.8, 4) is 5.75 Å². The van der Waals surface area contributed by atoms with Crippen LogP contribution in [0.2, 0.25) is 0 Å². The maximum atomic E-state index is 12.3. The van der Waals surface area contributed by atoms with Crippen molar-refractivity contribution in [2.24, 2.45) is 0 Å². The molecular weight excluding hydrogens is 332 g/mol. The van der Waals surface area contributed by atoms with E-state index < -0.39 is 17.1 Å². The Kier molecular flexibility index (Phi) is 6.39. The molecule has 0 bridgehead atoms. The van der Waals surface area contributed by atoms with Crippen molar-refractivity contribution in [2.75, 3.05) is 26.8 Å². The molecule has 0 atom stereocenters. The maximum Gasteiger partial charge on any atom is 0.294 e. The molecule has 2 rings (SSSR count). The third-order valence-electron chi connectivity index (χ3n) is 3.25. The van der Waals surface area contributed by atoms with E-state index in [4.69, 9.17) is 9.84 Å². The lowest BCUT2D eigenvalue weighted by Gasteiger charge is -2.12. The molecule has 0 radical (unpaired) electrons. The van der Waals surface area contributed by atoms with Crippen LogP contribution in [0, 0.1) is 0 Å². The molecule has 0 unspecified atom stereocenters. The van der Waals surface area contributed by atoms with Crippen molar-refractivity contribution in [3.05, 3.63) is 34.7 Å². The Bertz CT molecular complexity index is 657. The van der Waals surface area contributed by atoms with Crippen LogP contribution in [-0.2, 0) is 9.59 Å². The van der Waals surface area contributed by atoms with Crippen LogP contribution in [0.5, 0.6) is 5.75 Å². The van der Waals surface area contributed by atoms with E-state index in [1.54, 1.807) is 37.5 Å². The standard InChI is InChI=1S/C16H18N2O5S/c1-23-12-5-3-11(4-6-12)9-13-15(21)18(16(22)24-13)10-14(20)17-7-2-8-19/h3-6,9,19H,2,7-8,10H2,1H3,(H,17,20)/b13-9-. The molecule has 1 aliphatic heterocycles. The normalized spacial score (nSPS) is 15.9. The average molecular weight is 350 g/mol. The van der Waals surface area contributed by atoms with E-state index >= 15 is 0 Å². The molecule has 0 aliphatic carbocycles. The summed E-state index contributed by atoms with van der Waals surface area (Å²) in [7, 11) is 1.56. The molecule has 0 aromatic heterocycles. The van der Waals surface area contributed by atoms with Crippen molar-refractivity contribution < 1.29 is 24.2 Å². The Morgan fingerprint density at radius 2 is 2.04 bits per heavy atom. The monoisotopic (exact) mass is 350 g/mol. The zero-order chi connectivity index (χ0) is 17.5. The number of hydrogen-bond acceptors (Lipinski definition) is 6. The summed E-state index contributed by atoms with van der Waals surface area (Å²) in [4.78, 5) is 37.1. The Morgan fingerprint density at radius 1 is 1.33 bits per heavy atom. The van der Waals surface area contributed by atoms with Gasteiger partial charge >= 0.3 is 0 Å². The van der Waals surface area contributed by atoms with Crippen LogP contribution in [0.3, 0.4) is 0 Å². The highest BCUT2D eigenvalue weighted by Gasteiger charge is 2.36. The highest BCUT2D eigenvalue weighted by molar-refractivity contribution is 8.18. The molecule has 0 spiro atoms. The van der Waals surface area contributed by atoms with Gasteiger partial charge in [-0.15, -0.1) is 0 Å². The second-order valence-corrected chi connectivity index (χ2v) is 5.96. The molecule has 1 heterocycles. The first-order valence-corrected chi connectivity index (χ1v) is 8.13. The third-order valence-corrected chi connectivity index (χ3v) is 4.15. The Labute approximate surface area is 143 Å². The Morgan fingerprint density at radius 3 is 2.67 bits per heavy atom. The van der Waals surface area contributed by atoms with Gasteiger partial charge in [0.05, 0.1) is 12.0 Å². The van der Waals surface area contributed by atoms with Crippen LogP contribution in [0.15, 0.2) is 29.2 Å². The number of carbonyl (C=O) groups excluding carboxylic acids is 3. The lowest BCUT2D eigenvalue weighted by molar-refractivity contribution is -0.129. The van der Waals surface area contributed by atoms with Gasteiger partial charge in [-0.25, -0.2) is 0 Å². The number of benzene rings is 1. The predicted molar refractivity (Wildman–Crippen MR) is 90.4 cm³/mol. The average Bonchev–Trinajstić information content (AvgIpc) is 2.83. The summed E-state index contributed by atoms with van der Waals surface area (Å²) < 4.78 is 5.06. The van der Waals surface area contributed by atoms with Crippen molar-refractivity contribution in [1.29, 1.82) is 0 Å². The number of aliphatic hydroxyl groups excluding tert-OH is 1. The SMILES string of the molecule is COc1ccc(/C=C2\SC(=O)N(CC(=O)NCCCO)C2=O)cc1. The van der Waals surface area contributed by atoms with E-state index in [-0.39, 0.29) is 18.1 Å². The first kappa shape index (κ1) is 18.0. The molecule has 1 aliphatic rings. The first-order chi connectivity index (χ1) is 11.5. The molecule has 1 aromatic carbocycles. The van der Waals surface area contributed by atoms with Crippen molar-refractivity contribution in [3.63, 3.8) is 0 Å². The first-order valence-electron chi connectivity index (χ1n) is 7.32. The minimum Gasteiger partial charge on any atom is -0.497 e. The number of methoxy groups -OCH3 is 1. The fraction of sp³-hybridized carbons (Fsp3) is 0.312. The number of carbonyl (C=O) groups is 3. The number of hydrogen-bond donors (Lipinski definition) is 2. The third kappa shape index (κ3) is 4.59. The van der Waals surface area contributed by atoms with E-state index in [0.29, 0.717) is 18.7 Å². The van der Waals surface area contributed by atoms with E-state index in [2.05, 4.69) is 5.32 Å². The summed E-state index contributed by atoms with van der Waals surface area (Å²) in [6, 6.07) is 7.05. The largest absolute Gasteiger partial charge is 0.497 e. The van der Waals surface area contributed by atoms with Crippen LogP contribution in [-0.4, -0.2) is 53.9 Å². The fourth-order valence-corrected chi connectivity index (χ4v) is 2.83. The summed E-state index contributed by atoms with van der Waals surface area (Å²) in [5.74, 6) is -0.227. The summed E-state index contributed by atoms with van der Waals surface area (Å²) in [5, 5.41) is 10.7. The number of imide groups is 1. The number of nitrogens with one attached hydrogen (secondary N) is 1. The van der Waals surface area contributed by atoms with E-state index in [9.17, 15) is 14.4 Å². The molecule has 1 fully saturated rings. The Hall–Kier alpha value is -2.32. The molecule has 24 heavy (non-hydrogen) atoms. The molecule has 0 saturated carbocycles. The predicted octanol–water partition coefficient (Wildman–Crippen LogP) is 1.23. The van der Waals surface area contributed by atoms with Crippen molar-refractivity contribution in [1.82, 2.24) is 10.2 Å². The fourth-order valence-electron chi connectivity index (χ4n) is 1.99. The van der Waals surface area contributed by atoms with Crippen LogP contribution in [0.1, 0.15) is 12.0 Å². The second-order valence-electron chi connectivity index (χ2n) is 4.97. The highest BCUT2D eigenvalue weighted by atomic mass is 32.2. The van der Waals surface area contributed by atoms with E-state index in [1.807, 2.05) is 0 Å². The number of amides is 3. The van der Waals surface area contributed by atoms with Gasteiger partial charge in [-0.2, -0.15) is 0 Å². The van der Waals surface area contributed by atoms with Crippen molar-refractivity contribution >= 4 is 34.9 Å². The van der Waals surface area contributed by atoms with Gasteiger partial charge in [0.25, 0.3) is 11.1 Å². The van der Waals surface area contributed by atoms with E-state index in [0.717, 1.165) is 22.2 Å². The summed E-state index contributed by atoms with van der Waals surface area (Å²) >= 11 is 0.804. The summed E-state index contributed by atoms with van der Waals surface area (Å²) in [6.45, 7) is -0.0598. The number of thioether (sulfide) groups is 1. The van der Waals surface area contributed by atoms with Gasteiger partial charge in [0.1, 0.15) is 12.3 Å². The molecule has 7 nitrogen and oxygen atoms in total. The zero-order valence-electron chi connectivity index (χ0n) is 13.2. The number of nitrogens with zero attached hydrogens (tertiary/aromatic N) is 1. The van der Waals surface area contributed by atoms with Crippen LogP contribution < -0.4 is 10.1 Å². The van der Waals surface area contributed by atoms with E-state index in [1.165, 1.54) is 0 Å². The number of aliphatic hydroxyl groups is 1. The molecule has 2 N–H and O–H groups in total. The summed E-state index contributed by atoms with van der Waals surface area (Å²) in [5.41, 5.74) is 0.758. The molecule has 1 saturated heterocycles. The van der Waals surface area contributed by atoms with Gasteiger partial charge in [0, 0.05) is 13.2 Å². The van der Waals surface area contributed by atoms with Gasteiger partial charge in [-0.05, 0) is 42.0 Å². The second kappa shape index (κ2) is 8.51. The maximum absolute atomic E-state index is 12.3. The van der Waals surface area contributed by atoms with Crippen LogP contribution in [0.25, 0.3) is 6.08 Å². The Balaban J connectivity index is 2.02. The van der Waals surface area contributed by atoms with Crippen molar-refractivity contribution in [2.45, 2.75) is 6.42 Å². The lowest BCUT2D eigenvalue weighted by atomic mass is 10.2. The molecule has 3 amide bonds. The molecule has 8 heteroatoms. The minimum absolute atomic E-state index is 0.0353. The van der Waals surface area contributed by atoms with Crippen LogP contribution in [0.4, 0.5) is 4.79 Å². The molecule has 1 aromatic rings. The minimum atomic E-state index is -0.488. The van der Waals surface area contributed by atoms with Gasteiger partial charge in [-0.3, -0.25) is 19.3 Å². The molecular formula is C16H18N2O5S. The smallest absolute Gasteiger partial charge is 0.294 e. The number of rotatable bonds is 7. The van der Waals surface area contributed by atoms with Gasteiger partial charge in [0.2, 0.25) is 5.91 Å². The van der Waals surface area contributed by atoms with Crippen LogP contribution >= 0.6 is 11.8 Å². The van der Waals surface area contributed by atoms with Gasteiger partial charge < -0.3 is 15.2 Å². The topological polar surface area (TPSA) is 95.9 Å². The van der Waals surface area contributed by atoms with Gasteiger partial charge in [-0.1, -0.05) is 12.1 Å². The zero-order valence-corrected chi connectivity index (χ0v) is 14.0. The molecule has 128 valence electrons. The number of ether oxygens (including phenoxy) is 1. The lowest BCUT2D eigenvalue weighted by Crippen LogP contribution is -2.39. The highest BCUT2D eigenvalue weighted by Crippen LogP contribution is 2.32.